The van der Waals surface area contributed by atoms with Crippen molar-refractivity contribution in [1.82, 2.24) is 5.32 Å². The molecule has 3 rings (SSSR count). The number of rotatable bonds is 5. The number of carbonyl (C=O) groups is 2. The lowest BCUT2D eigenvalue weighted by Gasteiger charge is -2.19. The quantitative estimate of drug-likeness (QED) is 0.845. The first kappa shape index (κ1) is 18.5. The van der Waals surface area contributed by atoms with Crippen LogP contribution in [0.2, 0.25) is 0 Å². The number of halogens is 1. The average molecular weight is 373 g/mol. The first-order valence-electron chi connectivity index (χ1n) is 8.35. The zero-order valence-corrected chi connectivity index (χ0v) is 15.0. The second-order valence-electron chi connectivity index (χ2n) is 6.05. The summed E-state index contributed by atoms with van der Waals surface area (Å²) in [6.07, 6.45) is 0.186. The minimum atomic E-state index is -0.450. The van der Waals surface area contributed by atoms with E-state index in [1.54, 1.807) is 23.1 Å². The number of amides is 3. The molecule has 0 spiro atoms. The fraction of sp³-hybridized carbons (Fsp3) is 0.263. The Morgan fingerprint density at radius 3 is 2.48 bits per heavy atom. The highest BCUT2D eigenvalue weighted by Gasteiger charge is 2.32. The molecule has 0 saturated carbocycles. The van der Waals surface area contributed by atoms with E-state index < -0.39 is 6.03 Å². The summed E-state index contributed by atoms with van der Waals surface area (Å²) in [5.41, 5.74) is 1.14. The van der Waals surface area contributed by atoms with Crippen molar-refractivity contribution in [3.8, 4) is 11.5 Å². The molecular formula is C19H20FN3O4. The summed E-state index contributed by atoms with van der Waals surface area (Å²) in [6.45, 7) is 0.338. The molecule has 2 aromatic carbocycles. The molecule has 1 saturated heterocycles. The van der Waals surface area contributed by atoms with Crippen LogP contribution in [-0.4, -0.2) is 38.7 Å². The Balaban J connectivity index is 1.63. The molecule has 1 heterocycles. The van der Waals surface area contributed by atoms with Gasteiger partial charge < -0.3 is 25.0 Å². The predicted octanol–water partition coefficient (Wildman–Crippen LogP) is 2.77. The Labute approximate surface area is 156 Å². The number of hydrogen-bond donors (Lipinski definition) is 2. The van der Waals surface area contributed by atoms with Gasteiger partial charge in [-0.15, -0.1) is 0 Å². The van der Waals surface area contributed by atoms with Crippen molar-refractivity contribution in [3.05, 3.63) is 48.3 Å². The van der Waals surface area contributed by atoms with E-state index in [-0.39, 0.29) is 24.2 Å². The van der Waals surface area contributed by atoms with Crippen molar-refractivity contribution in [3.63, 3.8) is 0 Å². The van der Waals surface area contributed by atoms with Crippen molar-refractivity contribution >= 4 is 23.3 Å². The van der Waals surface area contributed by atoms with E-state index in [4.69, 9.17) is 9.47 Å². The molecule has 1 aliphatic heterocycles. The van der Waals surface area contributed by atoms with Gasteiger partial charge in [0.15, 0.2) is 11.5 Å². The van der Waals surface area contributed by atoms with Crippen molar-refractivity contribution in [2.45, 2.75) is 12.5 Å². The molecule has 2 N–H and O–H groups in total. The van der Waals surface area contributed by atoms with E-state index in [0.717, 1.165) is 0 Å². The molecule has 1 atom stereocenters. The van der Waals surface area contributed by atoms with Gasteiger partial charge in [-0.3, -0.25) is 4.79 Å². The first-order valence-corrected chi connectivity index (χ1v) is 8.35. The highest BCUT2D eigenvalue weighted by Crippen LogP contribution is 2.33. The van der Waals surface area contributed by atoms with Gasteiger partial charge in [-0.25, -0.2) is 9.18 Å². The molecule has 1 aliphatic rings. The molecule has 1 fully saturated rings. The Morgan fingerprint density at radius 2 is 1.81 bits per heavy atom. The Kier molecular flexibility index (Phi) is 5.44. The summed E-state index contributed by atoms with van der Waals surface area (Å²) < 4.78 is 23.4. The van der Waals surface area contributed by atoms with Crippen LogP contribution in [0.5, 0.6) is 11.5 Å². The first-order chi connectivity index (χ1) is 13.0. The summed E-state index contributed by atoms with van der Waals surface area (Å²) in [5.74, 6) is 0.608. The lowest BCUT2D eigenvalue weighted by molar-refractivity contribution is -0.117. The van der Waals surface area contributed by atoms with Gasteiger partial charge in [0, 0.05) is 30.4 Å². The lowest BCUT2D eigenvalue weighted by atomic mass is 10.2. The van der Waals surface area contributed by atoms with Crippen molar-refractivity contribution in [2.75, 3.05) is 31.0 Å². The van der Waals surface area contributed by atoms with Gasteiger partial charge in [-0.05, 0) is 36.4 Å². The van der Waals surface area contributed by atoms with E-state index in [2.05, 4.69) is 10.6 Å². The number of ether oxygens (including phenoxy) is 2. The Morgan fingerprint density at radius 1 is 1.11 bits per heavy atom. The SMILES string of the molecule is COc1ccc(N2C[C@@H](NC(=O)Nc3ccc(F)cc3)CC2=O)cc1OC. The molecule has 0 aromatic heterocycles. The Hall–Kier alpha value is -3.29. The second kappa shape index (κ2) is 7.94. The summed E-state index contributed by atoms with van der Waals surface area (Å²) in [5, 5.41) is 5.38. The fourth-order valence-corrected chi connectivity index (χ4v) is 2.93. The minimum Gasteiger partial charge on any atom is -0.493 e. The summed E-state index contributed by atoms with van der Waals surface area (Å²) in [4.78, 5) is 26.0. The molecule has 3 amide bonds. The van der Waals surface area contributed by atoms with Gasteiger partial charge in [0.2, 0.25) is 5.91 Å². The van der Waals surface area contributed by atoms with Crippen LogP contribution in [0, 0.1) is 5.82 Å². The number of carbonyl (C=O) groups excluding carboxylic acids is 2. The van der Waals surface area contributed by atoms with Crippen LogP contribution in [0.1, 0.15) is 6.42 Å². The fourth-order valence-electron chi connectivity index (χ4n) is 2.93. The van der Waals surface area contributed by atoms with Crippen LogP contribution >= 0.6 is 0 Å². The monoisotopic (exact) mass is 373 g/mol. The molecule has 0 unspecified atom stereocenters. The van der Waals surface area contributed by atoms with Crippen LogP contribution in [0.15, 0.2) is 42.5 Å². The van der Waals surface area contributed by atoms with E-state index in [0.29, 0.717) is 29.4 Å². The molecule has 27 heavy (non-hydrogen) atoms. The number of methoxy groups -OCH3 is 2. The van der Waals surface area contributed by atoms with Crippen molar-refractivity contribution in [2.24, 2.45) is 0 Å². The van der Waals surface area contributed by atoms with Crippen LogP contribution in [0.25, 0.3) is 0 Å². The van der Waals surface area contributed by atoms with Gasteiger partial charge in [0.25, 0.3) is 0 Å². The predicted molar refractivity (Wildman–Crippen MR) is 98.9 cm³/mol. The highest BCUT2D eigenvalue weighted by atomic mass is 19.1. The van der Waals surface area contributed by atoms with Gasteiger partial charge in [-0.2, -0.15) is 0 Å². The molecular weight excluding hydrogens is 353 g/mol. The molecule has 7 nitrogen and oxygen atoms in total. The normalized spacial score (nSPS) is 16.2. The topological polar surface area (TPSA) is 79.9 Å². The zero-order chi connectivity index (χ0) is 19.4. The summed E-state index contributed by atoms with van der Waals surface area (Å²) in [6, 6.07) is 9.86. The molecule has 0 aliphatic carbocycles. The third kappa shape index (κ3) is 4.28. The van der Waals surface area contributed by atoms with Crippen molar-refractivity contribution < 1.29 is 23.5 Å². The average Bonchev–Trinajstić information content (AvgIpc) is 3.02. The summed E-state index contributed by atoms with van der Waals surface area (Å²) in [7, 11) is 3.07. The van der Waals surface area contributed by atoms with Crippen LogP contribution in [0.3, 0.4) is 0 Å². The molecule has 0 radical (unpaired) electrons. The number of urea groups is 1. The number of hydrogen-bond acceptors (Lipinski definition) is 4. The molecule has 142 valence electrons. The smallest absolute Gasteiger partial charge is 0.319 e. The number of nitrogens with zero attached hydrogens (tertiary/aromatic N) is 1. The maximum absolute atomic E-state index is 12.9. The highest BCUT2D eigenvalue weighted by molar-refractivity contribution is 5.98. The minimum absolute atomic E-state index is 0.102. The van der Waals surface area contributed by atoms with Gasteiger partial charge >= 0.3 is 6.03 Å². The van der Waals surface area contributed by atoms with Gasteiger partial charge in [0.1, 0.15) is 5.82 Å². The molecule has 2 aromatic rings. The second-order valence-corrected chi connectivity index (χ2v) is 6.05. The number of nitrogens with one attached hydrogen (secondary N) is 2. The maximum Gasteiger partial charge on any atom is 0.319 e. The van der Waals surface area contributed by atoms with Crippen LogP contribution in [-0.2, 0) is 4.79 Å². The van der Waals surface area contributed by atoms with Crippen molar-refractivity contribution in [1.29, 1.82) is 0 Å². The standard InChI is InChI=1S/C19H20FN3O4/c1-26-16-8-7-15(10-17(16)27-2)23-11-14(9-18(23)24)22-19(25)21-13-5-3-12(20)4-6-13/h3-8,10,14H,9,11H2,1-2H3,(H2,21,22,25)/t14-/m0/s1. The third-order valence-corrected chi connectivity index (χ3v) is 4.24. The van der Waals surface area contributed by atoms with E-state index in [1.807, 2.05) is 0 Å². The maximum atomic E-state index is 12.9. The molecule has 0 bridgehead atoms. The third-order valence-electron chi connectivity index (χ3n) is 4.24. The van der Waals surface area contributed by atoms with Gasteiger partial charge in [0.05, 0.1) is 20.3 Å². The van der Waals surface area contributed by atoms with E-state index in [9.17, 15) is 14.0 Å². The van der Waals surface area contributed by atoms with Crippen LogP contribution < -0.4 is 25.0 Å². The van der Waals surface area contributed by atoms with Crippen LogP contribution in [0.4, 0.5) is 20.6 Å². The lowest BCUT2D eigenvalue weighted by Crippen LogP contribution is -2.39. The number of benzene rings is 2. The largest absolute Gasteiger partial charge is 0.493 e. The van der Waals surface area contributed by atoms with Gasteiger partial charge in [-0.1, -0.05) is 0 Å². The van der Waals surface area contributed by atoms with E-state index in [1.165, 1.54) is 38.5 Å². The number of anilines is 2. The van der Waals surface area contributed by atoms with E-state index >= 15 is 0 Å². The zero-order valence-electron chi connectivity index (χ0n) is 15.0. The molecule has 8 heteroatoms. The Bertz CT molecular complexity index is 841. The summed E-state index contributed by atoms with van der Waals surface area (Å²) >= 11 is 0.